The van der Waals surface area contributed by atoms with Crippen molar-refractivity contribution in [3.63, 3.8) is 0 Å². The van der Waals surface area contributed by atoms with Crippen molar-refractivity contribution >= 4 is 38.6 Å². The van der Waals surface area contributed by atoms with Gasteiger partial charge in [-0.2, -0.15) is 0 Å². The van der Waals surface area contributed by atoms with Crippen LogP contribution in [-0.2, 0) is 5.88 Å². The van der Waals surface area contributed by atoms with Crippen LogP contribution in [0.1, 0.15) is 11.4 Å². The van der Waals surface area contributed by atoms with Crippen molar-refractivity contribution in [2.75, 3.05) is 0 Å². The van der Waals surface area contributed by atoms with E-state index in [2.05, 4.69) is 20.9 Å². The van der Waals surface area contributed by atoms with Gasteiger partial charge in [-0.1, -0.05) is 12.1 Å². The summed E-state index contributed by atoms with van der Waals surface area (Å²) in [6, 6.07) is 7.88. The van der Waals surface area contributed by atoms with Crippen molar-refractivity contribution in [1.82, 2.24) is 9.55 Å². The van der Waals surface area contributed by atoms with Gasteiger partial charge in [0.25, 0.3) is 0 Å². The van der Waals surface area contributed by atoms with Crippen LogP contribution < -0.4 is 0 Å². The average molecular weight is 372 g/mol. The first-order valence-corrected chi connectivity index (χ1v) is 7.53. The lowest BCUT2D eigenvalue weighted by molar-refractivity contribution is 0.573. The van der Waals surface area contributed by atoms with Gasteiger partial charge in [-0.15, -0.1) is 11.6 Å². The van der Waals surface area contributed by atoms with E-state index in [9.17, 15) is 8.78 Å². The van der Waals surface area contributed by atoms with Gasteiger partial charge < -0.3 is 0 Å². The van der Waals surface area contributed by atoms with Crippen molar-refractivity contribution in [1.29, 1.82) is 0 Å². The maximum Gasteiger partial charge on any atom is 0.150 e. The third-order valence-electron chi connectivity index (χ3n) is 3.30. The smallest absolute Gasteiger partial charge is 0.150 e. The fourth-order valence-electron chi connectivity index (χ4n) is 2.38. The summed E-state index contributed by atoms with van der Waals surface area (Å²) in [6.45, 7) is 1.91. The summed E-state index contributed by atoms with van der Waals surface area (Å²) >= 11 is 9.02. The molecule has 2 nitrogen and oxygen atoms in total. The van der Waals surface area contributed by atoms with Gasteiger partial charge in [-0.25, -0.2) is 13.8 Å². The van der Waals surface area contributed by atoms with Crippen LogP contribution in [0, 0.1) is 18.6 Å². The number of hydrogen-bond donors (Lipinski definition) is 0. The molecule has 0 saturated heterocycles. The van der Waals surface area contributed by atoms with E-state index in [0.717, 1.165) is 22.7 Å². The Labute approximate surface area is 133 Å². The fraction of sp³-hybridized carbons (Fsp3) is 0.133. The second-order valence-electron chi connectivity index (χ2n) is 4.66. The van der Waals surface area contributed by atoms with Crippen LogP contribution in [0.2, 0.25) is 0 Å². The average Bonchev–Trinajstić information content (AvgIpc) is 2.82. The predicted molar refractivity (Wildman–Crippen MR) is 83.0 cm³/mol. The Hall–Kier alpha value is -1.46. The minimum atomic E-state index is -0.662. The molecule has 3 rings (SSSR count). The molecule has 0 fully saturated rings. The lowest BCUT2D eigenvalue weighted by Crippen LogP contribution is -2.04. The van der Waals surface area contributed by atoms with Crippen molar-refractivity contribution in [2.24, 2.45) is 0 Å². The van der Waals surface area contributed by atoms with E-state index in [0.29, 0.717) is 5.82 Å². The summed E-state index contributed by atoms with van der Waals surface area (Å²) in [4.78, 5) is 4.42. The minimum absolute atomic E-state index is 0.128. The zero-order chi connectivity index (χ0) is 15.1. The Morgan fingerprint density at radius 2 is 2.00 bits per heavy atom. The third-order valence-corrected chi connectivity index (χ3v) is 4.14. The van der Waals surface area contributed by atoms with Gasteiger partial charge in [0.1, 0.15) is 17.5 Å². The zero-order valence-electron chi connectivity index (χ0n) is 11.0. The molecule has 0 aliphatic carbocycles. The summed E-state index contributed by atoms with van der Waals surface area (Å²) in [5.74, 6) is -0.671. The number of alkyl halides is 1. The monoisotopic (exact) mass is 370 g/mol. The van der Waals surface area contributed by atoms with Crippen LogP contribution in [0.3, 0.4) is 0 Å². The number of imidazole rings is 1. The van der Waals surface area contributed by atoms with E-state index >= 15 is 0 Å². The first-order valence-electron chi connectivity index (χ1n) is 6.20. The Kier molecular flexibility index (Phi) is 3.71. The van der Waals surface area contributed by atoms with Gasteiger partial charge in [0.05, 0.1) is 27.1 Å². The van der Waals surface area contributed by atoms with Crippen molar-refractivity contribution in [2.45, 2.75) is 12.8 Å². The van der Waals surface area contributed by atoms with Crippen LogP contribution in [0.4, 0.5) is 8.78 Å². The number of aromatic nitrogens is 2. The van der Waals surface area contributed by atoms with Gasteiger partial charge in [-0.3, -0.25) is 4.57 Å². The summed E-state index contributed by atoms with van der Waals surface area (Å²) in [5.41, 5.74) is 2.66. The maximum atomic E-state index is 14.2. The Bertz CT molecular complexity index is 845. The predicted octanol–water partition coefficient (Wildman–Crippen LogP) is 5.11. The molecule has 108 valence electrons. The highest BCUT2D eigenvalue weighted by Gasteiger charge is 2.18. The highest BCUT2D eigenvalue weighted by molar-refractivity contribution is 9.10. The molecular formula is C15H10BrClF2N2. The molecule has 0 aliphatic rings. The molecule has 6 heteroatoms. The SMILES string of the molecule is Cc1cccc2nc(CCl)n(-c3cc(Br)c(F)cc3F)c12. The summed E-state index contributed by atoms with van der Waals surface area (Å²) < 4.78 is 29.5. The zero-order valence-corrected chi connectivity index (χ0v) is 13.3. The molecule has 0 radical (unpaired) electrons. The Balaban J connectivity index is 2.41. The maximum absolute atomic E-state index is 14.2. The highest BCUT2D eigenvalue weighted by Crippen LogP contribution is 2.29. The van der Waals surface area contributed by atoms with Gasteiger partial charge >= 0.3 is 0 Å². The first-order chi connectivity index (χ1) is 10.0. The standard InChI is InChI=1S/C15H10BrClF2N2/c1-8-3-2-4-12-15(8)21(14(7-17)20-12)13-5-9(16)10(18)6-11(13)19/h2-6H,7H2,1H3. The van der Waals surface area contributed by atoms with Crippen LogP contribution in [0.5, 0.6) is 0 Å². The van der Waals surface area contributed by atoms with E-state index < -0.39 is 11.6 Å². The van der Waals surface area contributed by atoms with Gasteiger partial charge in [0.2, 0.25) is 0 Å². The normalized spacial score (nSPS) is 11.3. The first kappa shape index (κ1) is 14.5. The molecule has 21 heavy (non-hydrogen) atoms. The van der Waals surface area contributed by atoms with E-state index in [-0.39, 0.29) is 16.0 Å². The quantitative estimate of drug-likeness (QED) is 0.452. The van der Waals surface area contributed by atoms with Gasteiger partial charge in [0, 0.05) is 6.07 Å². The summed E-state index contributed by atoms with van der Waals surface area (Å²) in [5, 5.41) is 0. The molecule has 0 atom stereocenters. The largest absolute Gasteiger partial charge is 0.292 e. The Morgan fingerprint density at radius 1 is 1.24 bits per heavy atom. The molecule has 0 bridgehead atoms. The Morgan fingerprint density at radius 3 is 2.71 bits per heavy atom. The van der Waals surface area contributed by atoms with Crippen molar-refractivity contribution < 1.29 is 8.78 Å². The second kappa shape index (κ2) is 5.39. The molecule has 0 N–H and O–H groups in total. The lowest BCUT2D eigenvalue weighted by atomic mass is 10.2. The highest BCUT2D eigenvalue weighted by atomic mass is 79.9. The molecular weight excluding hydrogens is 362 g/mol. The van der Waals surface area contributed by atoms with Gasteiger partial charge in [-0.05, 0) is 40.5 Å². The fourth-order valence-corrected chi connectivity index (χ4v) is 2.89. The summed E-state index contributed by atoms with van der Waals surface area (Å²) in [6.07, 6.45) is 0. The number of para-hydroxylation sites is 1. The lowest BCUT2D eigenvalue weighted by Gasteiger charge is -2.11. The van der Waals surface area contributed by atoms with E-state index in [1.165, 1.54) is 6.07 Å². The molecule has 0 spiro atoms. The molecule has 0 amide bonds. The van der Waals surface area contributed by atoms with Crippen molar-refractivity contribution in [3.8, 4) is 5.69 Å². The molecule has 3 aromatic rings. The number of fused-ring (bicyclic) bond motifs is 1. The number of benzene rings is 2. The van der Waals surface area contributed by atoms with Gasteiger partial charge in [0.15, 0.2) is 0 Å². The molecule has 0 aliphatic heterocycles. The number of halogens is 4. The van der Waals surface area contributed by atoms with Crippen LogP contribution in [-0.4, -0.2) is 9.55 Å². The third kappa shape index (κ3) is 2.34. The summed E-state index contributed by atoms with van der Waals surface area (Å²) in [7, 11) is 0. The second-order valence-corrected chi connectivity index (χ2v) is 5.78. The molecule has 1 aromatic heterocycles. The molecule has 1 heterocycles. The number of aryl methyl sites for hydroxylation is 1. The minimum Gasteiger partial charge on any atom is -0.292 e. The van der Waals surface area contributed by atoms with Crippen LogP contribution in [0.15, 0.2) is 34.8 Å². The van der Waals surface area contributed by atoms with Crippen molar-refractivity contribution in [3.05, 3.63) is 57.8 Å². The van der Waals surface area contributed by atoms with Crippen LogP contribution >= 0.6 is 27.5 Å². The van der Waals surface area contributed by atoms with E-state index in [4.69, 9.17) is 11.6 Å². The molecule has 0 unspecified atom stereocenters. The number of rotatable bonds is 2. The van der Waals surface area contributed by atoms with E-state index in [1.54, 1.807) is 4.57 Å². The topological polar surface area (TPSA) is 17.8 Å². The number of hydrogen-bond acceptors (Lipinski definition) is 1. The molecule has 2 aromatic carbocycles. The van der Waals surface area contributed by atoms with Crippen LogP contribution in [0.25, 0.3) is 16.7 Å². The molecule has 0 saturated carbocycles. The van der Waals surface area contributed by atoms with E-state index in [1.807, 2.05) is 25.1 Å². The number of nitrogens with zero attached hydrogens (tertiary/aromatic N) is 2.